The van der Waals surface area contributed by atoms with Crippen LogP contribution < -0.4 is 22.9 Å². The third-order valence-corrected chi connectivity index (χ3v) is 2.95. The molecule has 0 aliphatic heterocycles. The molecule has 0 saturated heterocycles. The Hall–Kier alpha value is -0.620. The van der Waals surface area contributed by atoms with Gasteiger partial charge in [0.1, 0.15) is 0 Å². The van der Waals surface area contributed by atoms with E-state index in [4.69, 9.17) is 22.9 Å². The van der Waals surface area contributed by atoms with E-state index in [-0.39, 0.29) is 0 Å². The molecule has 0 aromatic heterocycles. The molecule has 0 amide bonds. The molecule has 70 valence electrons. The van der Waals surface area contributed by atoms with E-state index >= 15 is 0 Å². The fourth-order valence-corrected chi connectivity index (χ4v) is 2.06. The lowest BCUT2D eigenvalue weighted by molar-refractivity contribution is 1.24. The molecule has 0 saturated carbocycles. The minimum atomic E-state index is 0.358. The molecule has 0 spiro atoms. The van der Waals surface area contributed by atoms with Gasteiger partial charge in [0, 0.05) is 11.5 Å². The largest absolute Gasteiger partial charge is 0.386 e. The van der Waals surface area contributed by atoms with Gasteiger partial charge in [0.25, 0.3) is 0 Å². The molecule has 0 bridgehead atoms. The van der Waals surface area contributed by atoms with Crippen LogP contribution in [0.4, 0.5) is 0 Å². The molecule has 0 aliphatic carbocycles. The van der Waals surface area contributed by atoms with E-state index in [1.807, 2.05) is 0 Å². The van der Waals surface area contributed by atoms with E-state index in [0.717, 1.165) is 11.5 Å². The van der Waals surface area contributed by atoms with Gasteiger partial charge in [-0.3, -0.25) is 0 Å². The SMILES string of the molecule is NC(N)=CCSSCC=C(N)N. The standard InChI is InChI=1S/C6H14N4S2/c7-5(8)1-3-11-12-4-2-6(9)10/h1-2H,3-4,7-10H2. The highest BCUT2D eigenvalue weighted by Gasteiger charge is 1.86. The minimum Gasteiger partial charge on any atom is -0.386 e. The second-order valence-corrected chi connectivity index (χ2v) is 4.53. The molecular formula is C6H14N4S2. The molecule has 0 aromatic rings. The summed E-state index contributed by atoms with van der Waals surface area (Å²) in [5.74, 6) is 2.31. The van der Waals surface area contributed by atoms with Gasteiger partial charge in [-0.25, -0.2) is 0 Å². The maximum atomic E-state index is 5.22. The monoisotopic (exact) mass is 206 g/mol. The van der Waals surface area contributed by atoms with Crippen LogP contribution in [0, 0.1) is 0 Å². The Balaban J connectivity index is 3.23. The van der Waals surface area contributed by atoms with Crippen molar-refractivity contribution in [1.29, 1.82) is 0 Å². The van der Waals surface area contributed by atoms with Gasteiger partial charge in [0.05, 0.1) is 11.6 Å². The summed E-state index contributed by atoms with van der Waals surface area (Å²) >= 11 is 0. The van der Waals surface area contributed by atoms with Crippen molar-refractivity contribution in [2.45, 2.75) is 0 Å². The normalized spacial score (nSPS) is 9.00. The van der Waals surface area contributed by atoms with Gasteiger partial charge in [-0.05, 0) is 12.2 Å². The van der Waals surface area contributed by atoms with Crippen LogP contribution in [0.15, 0.2) is 23.8 Å². The number of nitrogens with two attached hydrogens (primary N) is 4. The molecule has 0 fully saturated rings. The maximum absolute atomic E-state index is 5.22. The van der Waals surface area contributed by atoms with Gasteiger partial charge >= 0.3 is 0 Å². The van der Waals surface area contributed by atoms with Crippen molar-refractivity contribution in [2.24, 2.45) is 22.9 Å². The topological polar surface area (TPSA) is 104 Å². The van der Waals surface area contributed by atoms with Gasteiger partial charge in [-0.15, -0.1) is 0 Å². The Bertz CT molecular complexity index is 150. The van der Waals surface area contributed by atoms with Crippen molar-refractivity contribution in [2.75, 3.05) is 11.5 Å². The van der Waals surface area contributed by atoms with Crippen molar-refractivity contribution in [3.8, 4) is 0 Å². The Kier molecular flexibility index (Phi) is 6.69. The zero-order valence-corrected chi connectivity index (χ0v) is 8.33. The highest BCUT2D eigenvalue weighted by molar-refractivity contribution is 8.76. The molecule has 8 N–H and O–H groups in total. The predicted molar refractivity (Wildman–Crippen MR) is 57.8 cm³/mol. The lowest BCUT2D eigenvalue weighted by Gasteiger charge is -1.94. The van der Waals surface area contributed by atoms with Crippen LogP contribution in [0.3, 0.4) is 0 Å². The van der Waals surface area contributed by atoms with Crippen molar-refractivity contribution in [1.82, 2.24) is 0 Å². The number of rotatable bonds is 5. The second-order valence-electron chi connectivity index (χ2n) is 1.98. The molecule has 4 nitrogen and oxygen atoms in total. The molecule has 0 atom stereocenters. The number of hydrogen-bond acceptors (Lipinski definition) is 6. The van der Waals surface area contributed by atoms with Gasteiger partial charge in [-0.2, -0.15) is 0 Å². The minimum absolute atomic E-state index is 0.358. The highest BCUT2D eigenvalue weighted by atomic mass is 33.1. The summed E-state index contributed by atoms with van der Waals surface area (Å²) in [6.07, 6.45) is 3.51. The first-order chi connectivity index (χ1) is 5.63. The molecule has 0 aliphatic rings. The summed E-state index contributed by atoms with van der Waals surface area (Å²) in [5, 5.41) is 0. The third-order valence-electron chi connectivity index (χ3n) is 0.857. The first-order valence-electron chi connectivity index (χ1n) is 3.29. The van der Waals surface area contributed by atoms with E-state index in [0.29, 0.717) is 11.6 Å². The molecule has 0 heterocycles. The van der Waals surface area contributed by atoms with Gasteiger partial charge < -0.3 is 22.9 Å². The molecule has 6 heteroatoms. The Morgan fingerprint density at radius 2 is 1.17 bits per heavy atom. The average Bonchev–Trinajstić information content (AvgIpc) is 1.95. The first-order valence-corrected chi connectivity index (χ1v) is 5.78. The van der Waals surface area contributed by atoms with Crippen LogP contribution in [-0.2, 0) is 0 Å². The van der Waals surface area contributed by atoms with Crippen LogP contribution >= 0.6 is 21.6 Å². The van der Waals surface area contributed by atoms with E-state index in [2.05, 4.69) is 0 Å². The smallest absolute Gasteiger partial charge is 0.0901 e. The first kappa shape index (κ1) is 11.4. The fraction of sp³-hybridized carbons (Fsp3) is 0.333. The average molecular weight is 206 g/mol. The summed E-state index contributed by atoms with van der Waals surface area (Å²) in [6.45, 7) is 0. The van der Waals surface area contributed by atoms with Crippen LogP contribution in [0.5, 0.6) is 0 Å². The molecule has 0 aromatic carbocycles. The van der Waals surface area contributed by atoms with Crippen molar-refractivity contribution >= 4 is 21.6 Å². The summed E-state index contributed by atoms with van der Waals surface area (Å²) < 4.78 is 0. The van der Waals surface area contributed by atoms with Gasteiger partial charge in [0.15, 0.2) is 0 Å². The molecular weight excluding hydrogens is 192 g/mol. The zero-order valence-electron chi connectivity index (χ0n) is 6.69. The molecule has 0 unspecified atom stereocenters. The van der Waals surface area contributed by atoms with E-state index in [9.17, 15) is 0 Å². The van der Waals surface area contributed by atoms with E-state index in [1.54, 1.807) is 33.7 Å². The third kappa shape index (κ3) is 9.38. The Morgan fingerprint density at radius 1 is 0.833 bits per heavy atom. The van der Waals surface area contributed by atoms with Crippen LogP contribution in [-0.4, -0.2) is 11.5 Å². The lowest BCUT2D eigenvalue weighted by atomic mass is 10.6. The summed E-state index contributed by atoms with van der Waals surface area (Å²) in [4.78, 5) is 0. The molecule has 0 rings (SSSR count). The van der Waals surface area contributed by atoms with Crippen LogP contribution in [0.1, 0.15) is 0 Å². The van der Waals surface area contributed by atoms with Gasteiger partial charge in [0.2, 0.25) is 0 Å². The highest BCUT2D eigenvalue weighted by Crippen LogP contribution is 2.20. The van der Waals surface area contributed by atoms with E-state index in [1.165, 1.54) is 0 Å². The van der Waals surface area contributed by atoms with Crippen LogP contribution in [0.2, 0.25) is 0 Å². The number of hydrogen-bond donors (Lipinski definition) is 4. The molecule has 12 heavy (non-hydrogen) atoms. The summed E-state index contributed by atoms with van der Waals surface area (Å²) in [5.41, 5.74) is 20.9. The van der Waals surface area contributed by atoms with Gasteiger partial charge in [-0.1, -0.05) is 21.6 Å². The summed E-state index contributed by atoms with van der Waals surface area (Å²) in [6, 6.07) is 0. The second kappa shape index (κ2) is 7.05. The fourth-order valence-electron chi connectivity index (χ4n) is 0.357. The van der Waals surface area contributed by atoms with Crippen LogP contribution in [0.25, 0.3) is 0 Å². The lowest BCUT2D eigenvalue weighted by Crippen LogP contribution is -2.08. The Labute approximate surface area is 80.2 Å². The quantitative estimate of drug-likeness (QED) is 0.369. The maximum Gasteiger partial charge on any atom is 0.0901 e. The zero-order chi connectivity index (χ0) is 9.40. The Morgan fingerprint density at radius 3 is 1.42 bits per heavy atom. The van der Waals surface area contributed by atoms with Crippen molar-refractivity contribution in [3.63, 3.8) is 0 Å². The molecule has 0 radical (unpaired) electrons. The van der Waals surface area contributed by atoms with Crippen molar-refractivity contribution < 1.29 is 0 Å². The predicted octanol–water partition coefficient (Wildman–Crippen LogP) is -0.115. The summed E-state index contributed by atoms with van der Waals surface area (Å²) in [7, 11) is 3.30. The van der Waals surface area contributed by atoms with E-state index < -0.39 is 0 Å². The van der Waals surface area contributed by atoms with Crippen molar-refractivity contribution in [3.05, 3.63) is 23.8 Å².